The van der Waals surface area contributed by atoms with E-state index in [2.05, 4.69) is 27.4 Å². The molecule has 0 unspecified atom stereocenters. The summed E-state index contributed by atoms with van der Waals surface area (Å²) in [6.45, 7) is 0.612. The molecule has 0 spiro atoms. The fourth-order valence-electron chi connectivity index (χ4n) is 2.05. The Kier molecular flexibility index (Phi) is 4.17. The van der Waals surface area contributed by atoms with E-state index in [-0.39, 0.29) is 0 Å². The summed E-state index contributed by atoms with van der Waals surface area (Å²) in [5.41, 5.74) is 2.97. The minimum Gasteiger partial charge on any atom is -0.377 e. The molecule has 0 fully saturated rings. The molecule has 2 aromatic carbocycles. The first-order chi connectivity index (χ1) is 10.8. The van der Waals surface area contributed by atoms with Gasteiger partial charge in [-0.05, 0) is 24.3 Å². The van der Waals surface area contributed by atoms with Crippen LogP contribution in [0.3, 0.4) is 0 Å². The maximum atomic E-state index is 4.07. The van der Waals surface area contributed by atoms with Crippen LogP contribution >= 0.6 is 0 Å². The van der Waals surface area contributed by atoms with Gasteiger partial charge < -0.3 is 9.88 Å². The van der Waals surface area contributed by atoms with Crippen LogP contribution < -0.4 is 5.32 Å². The molecule has 4 heteroatoms. The van der Waals surface area contributed by atoms with Crippen LogP contribution in [-0.4, -0.2) is 14.8 Å². The Balaban J connectivity index is 1.79. The molecule has 0 saturated heterocycles. The van der Waals surface area contributed by atoms with E-state index in [9.17, 15) is 0 Å². The first-order valence-corrected chi connectivity index (χ1v) is 7.06. The fraction of sp³-hybridized carbons (Fsp3) is 0.111. The summed E-state index contributed by atoms with van der Waals surface area (Å²) in [7, 11) is 1.93. The lowest BCUT2D eigenvalue weighted by molar-refractivity contribution is 0.812. The molecule has 1 heterocycles. The molecule has 1 aromatic heterocycles. The van der Waals surface area contributed by atoms with Crippen LogP contribution in [0.25, 0.3) is 0 Å². The minimum atomic E-state index is 0.612. The second kappa shape index (κ2) is 6.59. The lowest BCUT2D eigenvalue weighted by atomic mass is 10.1. The molecule has 3 rings (SSSR count). The minimum absolute atomic E-state index is 0.612. The van der Waals surface area contributed by atoms with Crippen molar-refractivity contribution in [1.82, 2.24) is 14.8 Å². The smallest absolute Gasteiger partial charge is 0.151 e. The van der Waals surface area contributed by atoms with Crippen LogP contribution in [0.5, 0.6) is 0 Å². The highest BCUT2D eigenvalue weighted by Crippen LogP contribution is 2.14. The van der Waals surface area contributed by atoms with Crippen molar-refractivity contribution in [1.29, 1.82) is 0 Å². The third-order valence-electron chi connectivity index (χ3n) is 3.28. The number of rotatable bonds is 3. The summed E-state index contributed by atoms with van der Waals surface area (Å²) >= 11 is 0. The van der Waals surface area contributed by atoms with E-state index in [1.807, 2.05) is 66.2 Å². The van der Waals surface area contributed by atoms with Crippen molar-refractivity contribution in [2.75, 3.05) is 5.32 Å². The normalized spacial score (nSPS) is 9.86. The summed E-state index contributed by atoms with van der Waals surface area (Å²) in [5, 5.41) is 11.3. The zero-order valence-corrected chi connectivity index (χ0v) is 12.3. The van der Waals surface area contributed by atoms with Crippen LogP contribution in [0.1, 0.15) is 17.0 Å². The van der Waals surface area contributed by atoms with Crippen molar-refractivity contribution < 1.29 is 0 Å². The van der Waals surface area contributed by atoms with E-state index in [1.54, 1.807) is 6.33 Å². The Morgan fingerprint density at radius 3 is 2.55 bits per heavy atom. The van der Waals surface area contributed by atoms with Gasteiger partial charge in [0.1, 0.15) is 6.33 Å². The first-order valence-electron chi connectivity index (χ1n) is 7.06. The molecule has 0 aliphatic rings. The van der Waals surface area contributed by atoms with Crippen LogP contribution in [0.15, 0.2) is 60.9 Å². The third kappa shape index (κ3) is 3.33. The predicted molar refractivity (Wildman–Crippen MR) is 87.2 cm³/mol. The van der Waals surface area contributed by atoms with Crippen molar-refractivity contribution in [3.05, 3.63) is 77.9 Å². The second-order valence-corrected chi connectivity index (χ2v) is 4.87. The maximum Gasteiger partial charge on any atom is 0.151 e. The maximum absolute atomic E-state index is 4.07. The summed E-state index contributed by atoms with van der Waals surface area (Å²) in [4.78, 5) is 0. The van der Waals surface area contributed by atoms with Gasteiger partial charge in [-0.2, -0.15) is 0 Å². The molecule has 0 aliphatic heterocycles. The van der Waals surface area contributed by atoms with Gasteiger partial charge in [-0.1, -0.05) is 42.2 Å². The summed E-state index contributed by atoms with van der Waals surface area (Å²) in [6.07, 6.45) is 1.69. The quantitative estimate of drug-likeness (QED) is 0.754. The number of aromatic nitrogens is 3. The Hall–Kier alpha value is -3.06. The van der Waals surface area contributed by atoms with Crippen LogP contribution in [0, 0.1) is 11.8 Å². The lowest BCUT2D eigenvalue weighted by Gasteiger charge is -2.07. The highest BCUT2D eigenvalue weighted by atomic mass is 15.3. The largest absolute Gasteiger partial charge is 0.377 e. The highest BCUT2D eigenvalue weighted by molar-refractivity contribution is 5.60. The molecule has 4 nitrogen and oxygen atoms in total. The van der Waals surface area contributed by atoms with E-state index < -0.39 is 0 Å². The van der Waals surface area contributed by atoms with Gasteiger partial charge in [0.2, 0.25) is 0 Å². The van der Waals surface area contributed by atoms with E-state index in [1.165, 1.54) is 0 Å². The Morgan fingerprint density at radius 1 is 1.00 bits per heavy atom. The Labute approximate surface area is 129 Å². The van der Waals surface area contributed by atoms with Crippen LogP contribution in [-0.2, 0) is 13.6 Å². The molecule has 22 heavy (non-hydrogen) atoms. The highest BCUT2D eigenvalue weighted by Gasteiger charge is 2.02. The number of para-hydroxylation sites is 1. The average molecular weight is 288 g/mol. The molecular formula is C18H16N4. The molecule has 0 bridgehead atoms. The number of benzene rings is 2. The van der Waals surface area contributed by atoms with Crippen LogP contribution in [0.2, 0.25) is 0 Å². The van der Waals surface area contributed by atoms with Crippen molar-refractivity contribution >= 4 is 5.69 Å². The summed E-state index contributed by atoms with van der Waals surface area (Å²) in [6, 6.07) is 18.0. The molecule has 0 amide bonds. The molecule has 108 valence electrons. The predicted octanol–water partition coefficient (Wildman–Crippen LogP) is 2.83. The Bertz CT molecular complexity index is 810. The van der Waals surface area contributed by atoms with Crippen molar-refractivity contribution in [3.8, 4) is 11.8 Å². The lowest BCUT2D eigenvalue weighted by Crippen LogP contribution is -2.06. The van der Waals surface area contributed by atoms with Gasteiger partial charge in [-0.15, -0.1) is 10.2 Å². The van der Waals surface area contributed by atoms with Gasteiger partial charge in [0, 0.05) is 18.2 Å². The molecular weight excluding hydrogens is 272 g/mol. The SMILES string of the molecule is Cn1cnnc1CNc1ccccc1C#Cc1ccccc1. The standard InChI is InChI=1S/C18H16N4/c1-22-14-20-21-18(22)13-19-17-10-6-5-9-16(17)12-11-15-7-3-2-4-8-15/h2-10,14,19H,13H2,1H3. The number of nitrogens with one attached hydrogen (secondary N) is 1. The van der Waals surface area contributed by atoms with Crippen molar-refractivity contribution in [2.45, 2.75) is 6.54 Å². The zero-order chi connectivity index (χ0) is 15.2. The first kappa shape index (κ1) is 13.9. The molecule has 3 aromatic rings. The van der Waals surface area contributed by atoms with Crippen molar-refractivity contribution in [3.63, 3.8) is 0 Å². The van der Waals surface area contributed by atoms with Gasteiger partial charge in [-0.3, -0.25) is 0 Å². The van der Waals surface area contributed by atoms with Crippen LogP contribution in [0.4, 0.5) is 5.69 Å². The van der Waals surface area contributed by atoms with Gasteiger partial charge in [0.05, 0.1) is 12.2 Å². The molecule has 1 N–H and O–H groups in total. The van der Waals surface area contributed by atoms with Gasteiger partial charge in [0.25, 0.3) is 0 Å². The average Bonchev–Trinajstić information content (AvgIpc) is 2.98. The van der Waals surface area contributed by atoms with E-state index in [4.69, 9.17) is 0 Å². The van der Waals surface area contributed by atoms with Crippen molar-refractivity contribution in [2.24, 2.45) is 7.05 Å². The number of anilines is 1. The topological polar surface area (TPSA) is 42.7 Å². The van der Waals surface area contributed by atoms with E-state index in [0.717, 1.165) is 22.6 Å². The second-order valence-electron chi connectivity index (χ2n) is 4.87. The van der Waals surface area contributed by atoms with E-state index in [0.29, 0.717) is 6.54 Å². The zero-order valence-electron chi connectivity index (χ0n) is 12.3. The summed E-state index contributed by atoms with van der Waals surface area (Å²) in [5.74, 6) is 7.28. The summed E-state index contributed by atoms with van der Waals surface area (Å²) < 4.78 is 1.89. The monoisotopic (exact) mass is 288 g/mol. The molecule has 0 aliphatic carbocycles. The molecule has 0 radical (unpaired) electrons. The Morgan fingerprint density at radius 2 is 1.77 bits per heavy atom. The third-order valence-corrected chi connectivity index (χ3v) is 3.28. The fourth-order valence-corrected chi connectivity index (χ4v) is 2.05. The van der Waals surface area contributed by atoms with Gasteiger partial charge >= 0.3 is 0 Å². The van der Waals surface area contributed by atoms with Gasteiger partial charge in [0.15, 0.2) is 5.82 Å². The molecule has 0 atom stereocenters. The number of aryl methyl sites for hydroxylation is 1. The number of hydrogen-bond acceptors (Lipinski definition) is 3. The number of hydrogen-bond donors (Lipinski definition) is 1. The molecule has 0 saturated carbocycles. The van der Waals surface area contributed by atoms with Gasteiger partial charge in [-0.25, -0.2) is 0 Å². The van der Waals surface area contributed by atoms with E-state index >= 15 is 0 Å². The number of nitrogens with zero attached hydrogens (tertiary/aromatic N) is 3.